The van der Waals surface area contributed by atoms with E-state index in [0.29, 0.717) is 25.8 Å². The number of fused-ring (bicyclic) bond motifs is 1. The number of benzene rings is 4. The van der Waals surface area contributed by atoms with Crippen molar-refractivity contribution in [1.29, 1.82) is 0 Å². The van der Waals surface area contributed by atoms with Crippen molar-refractivity contribution < 1.29 is 14.3 Å². The van der Waals surface area contributed by atoms with Gasteiger partial charge in [-0.15, -0.1) is 0 Å². The van der Waals surface area contributed by atoms with Crippen LogP contribution in [-0.2, 0) is 29.0 Å². The van der Waals surface area contributed by atoms with Gasteiger partial charge in [-0.25, -0.2) is 0 Å². The lowest BCUT2D eigenvalue weighted by molar-refractivity contribution is -0.141. The van der Waals surface area contributed by atoms with Crippen LogP contribution < -0.4 is 10.1 Å². The summed E-state index contributed by atoms with van der Waals surface area (Å²) in [5, 5.41) is 5.61. The minimum absolute atomic E-state index is 0.0294. The molecule has 0 spiro atoms. The Balaban J connectivity index is 1.44. The molecule has 0 unspecified atom stereocenters. The van der Waals surface area contributed by atoms with E-state index in [4.69, 9.17) is 4.74 Å². The first-order chi connectivity index (χ1) is 19.6. The number of ether oxygens (including phenoxy) is 1. The Hall–Kier alpha value is -4.12. The normalized spacial score (nSPS) is 14.1. The summed E-state index contributed by atoms with van der Waals surface area (Å²) in [5.41, 5.74) is 3.11. The van der Waals surface area contributed by atoms with Gasteiger partial charge in [-0.05, 0) is 58.9 Å². The highest BCUT2D eigenvalue weighted by Crippen LogP contribution is 2.24. The number of carbonyl (C=O) groups excluding carboxylic acids is 2. The fourth-order valence-corrected chi connectivity index (χ4v) is 5.78. The summed E-state index contributed by atoms with van der Waals surface area (Å²) in [4.78, 5) is 29.8. The van der Waals surface area contributed by atoms with Crippen molar-refractivity contribution in [3.8, 4) is 5.75 Å². The molecule has 0 aromatic heterocycles. The molecule has 206 valence electrons. The van der Waals surface area contributed by atoms with Crippen LogP contribution in [0.15, 0.2) is 97.1 Å². The van der Waals surface area contributed by atoms with Crippen LogP contribution in [0.3, 0.4) is 0 Å². The van der Waals surface area contributed by atoms with Gasteiger partial charge in [0.25, 0.3) is 0 Å². The molecule has 0 bridgehead atoms. The Bertz CT molecular complexity index is 1420. The van der Waals surface area contributed by atoms with E-state index in [-0.39, 0.29) is 17.9 Å². The molecule has 40 heavy (non-hydrogen) atoms. The molecule has 4 aromatic carbocycles. The van der Waals surface area contributed by atoms with Gasteiger partial charge in [0.05, 0.1) is 7.11 Å². The number of nitrogens with zero attached hydrogens (tertiary/aromatic N) is 1. The number of amides is 2. The molecule has 1 N–H and O–H groups in total. The predicted octanol–water partition coefficient (Wildman–Crippen LogP) is 6.48. The molecule has 4 aromatic rings. The van der Waals surface area contributed by atoms with Gasteiger partial charge < -0.3 is 15.0 Å². The monoisotopic (exact) mass is 534 g/mol. The van der Waals surface area contributed by atoms with Gasteiger partial charge in [0.2, 0.25) is 11.8 Å². The number of aryl methyl sites for hydroxylation is 1. The molecule has 0 heterocycles. The highest BCUT2D eigenvalue weighted by Gasteiger charge is 2.32. The van der Waals surface area contributed by atoms with Crippen molar-refractivity contribution in [3.05, 3.63) is 114 Å². The first kappa shape index (κ1) is 27.4. The highest BCUT2D eigenvalue weighted by atomic mass is 16.5. The fraction of sp³-hybridized carbons (Fsp3) is 0.314. The van der Waals surface area contributed by atoms with Gasteiger partial charge in [-0.3, -0.25) is 9.59 Å². The van der Waals surface area contributed by atoms with Crippen molar-refractivity contribution in [2.45, 2.75) is 63.6 Å². The summed E-state index contributed by atoms with van der Waals surface area (Å²) in [7, 11) is 1.64. The van der Waals surface area contributed by atoms with E-state index < -0.39 is 6.04 Å². The Morgan fingerprint density at radius 3 is 2.38 bits per heavy atom. The van der Waals surface area contributed by atoms with Crippen molar-refractivity contribution >= 4 is 22.6 Å². The smallest absolute Gasteiger partial charge is 0.243 e. The van der Waals surface area contributed by atoms with Crippen LogP contribution in [-0.4, -0.2) is 35.9 Å². The zero-order valence-electron chi connectivity index (χ0n) is 23.2. The molecule has 2 amide bonds. The lowest BCUT2D eigenvalue weighted by Crippen LogP contribution is -2.52. The molecular weight excluding hydrogens is 496 g/mol. The van der Waals surface area contributed by atoms with Gasteiger partial charge in [-0.2, -0.15) is 0 Å². The third kappa shape index (κ3) is 6.90. The fourth-order valence-electron chi connectivity index (χ4n) is 5.78. The van der Waals surface area contributed by atoms with Crippen LogP contribution in [0.1, 0.15) is 48.8 Å². The molecule has 0 radical (unpaired) electrons. The predicted molar refractivity (Wildman–Crippen MR) is 160 cm³/mol. The number of nitrogens with one attached hydrogen (secondary N) is 1. The second-order valence-electron chi connectivity index (χ2n) is 10.7. The lowest BCUT2D eigenvalue weighted by Gasteiger charge is -2.32. The summed E-state index contributed by atoms with van der Waals surface area (Å²) >= 11 is 0. The number of hydrogen-bond donors (Lipinski definition) is 1. The summed E-state index contributed by atoms with van der Waals surface area (Å²) in [6, 6.07) is 31.8. The topological polar surface area (TPSA) is 58.6 Å². The maximum absolute atomic E-state index is 14.1. The lowest BCUT2D eigenvalue weighted by atomic mass is 9.99. The molecule has 1 aliphatic rings. The van der Waals surface area contributed by atoms with Gasteiger partial charge in [0.1, 0.15) is 11.8 Å². The van der Waals surface area contributed by atoms with E-state index in [0.717, 1.165) is 53.5 Å². The molecule has 0 saturated heterocycles. The van der Waals surface area contributed by atoms with E-state index >= 15 is 0 Å². The van der Waals surface area contributed by atoms with E-state index in [9.17, 15) is 9.59 Å². The third-order valence-electron chi connectivity index (χ3n) is 7.95. The van der Waals surface area contributed by atoms with Crippen LogP contribution in [0, 0.1) is 0 Å². The highest BCUT2D eigenvalue weighted by molar-refractivity contribution is 5.89. The van der Waals surface area contributed by atoms with E-state index in [1.807, 2.05) is 72.8 Å². The average Bonchev–Trinajstić information content (AvgIpc) is 3.51. The SMILES string of the molecule is COc1cccc(CN(C(=O)CCc2cccc3ccccc23)[C@H](Cc2ccccc2)C(=O)NC2CCCC2)c1. The second-order valence-corrected chi connectivity index (χ2v) is 10.7. The summed E-state index contributed by atoms with van der Waals surface area (Å²) in [5.74, 6) is 0.631. The molecule has 1 fully saturated rings. The van der Waals surface area contributed by atoms with E-state index in [1.54, 1.807) is 12.0 Å². The second kappa shape index (κ2) is 13.3. The zero-order valence-corrected chi connectivity index (χ0v) is 23.2. The van der Waals surface area contributed by atoms with Crippen LogP contribution in [0.25, 0.3) is 10.8 Å². The largest absolute Gasteiger partial charge is 0.497 e. The van der Waals surface area contributed by atoms with Crippen LogP contribution >= 0.6 is 0 Å². The molecule has 5 rings (SSSR count). The minimum atomic E-state index is -0.616. The van der Waals surface area contributed by atoms with Crippen LogP contribution in [0.5, 0.6) is 5.75 Å². The Morgan fingerprint density at radius 1 is 0.875 bits per heavy atom. The summed E-state index contributed by atoms with van der Waals surface area (Å²) in [6.07, 6.45) is 5.64. The molecule has 0 aliphatic heterocycles. The Morgan fingerprint density at radius 2 is 1.57 bits per heavy atom. The van der Waals surface area contributed by atoms with E-state index in [2.05, 4.69) is 29.6 Å². The maximum atomic E-state index is 14.1. The molecule has 5 heteroatoms. The van der Waals surface area contributed by atoms with Crippen molar-refractivity contribution in [2.75, 3.05) is 7.11 Å². The molecular formula is C35H38N2O3. The van der Waals surface area contributed by atoms with Crippen molar-refractivity contribution in [3.63, 3.8) is 0 Å². The first-order valence-corrected chi connectivity index (χ1v) is 14.3. The third-order valence-corrected chi connectivity index (χ3v) is 7.95. The van der Waals surface area contributed by atoms with Crippen LogP contribution in [0.4, 0.5) is 0 Å². The zero-order chi connectivity index (χ0) is 27.7. The molecule has 1 atom stereocenters. The number of carbonyl (C=O) groups is 2. The number of methoxy groups -OCH3 is 1. The van der Waals surface area contributed by atoms with Gasteiger partial charge in [0, 0.05) is 25.4 Å². The van der Waals surface area contributed by atoms with Gasteiger partial charge >= 0.3 is 0 Å². The number of hydrogen-bond acceptors (Lipinski definition) is 3. The Kier molecular flexibility index (Phi) is 9.12. The first-order valence-electron chi connectivity index (χ1n) is 14.3. The molecule has 1 saturated carbocycles. The Labute approximate surface area is 237 Å². The summed E-state index contributed by atoms with van der Waals surface area (Å²) in [6.45, 7) is 0.334. The number of rotatable bonds is 11. The van der Waals surface area contributed by atoms with Crippen molar-refractivity contribution in [1.82, 2.24) is 10.2 Å². The van der Waals surface area contributed by atoms with Crippen molar-refractivity contribution in [2.24, 2.45) is 0 Å². The summed E-state index contributed by atoms with van der Waals surface area (Å²) < 4.78 is 5.45. The van der Waals surface area contributed by atoms with Gasteiger partial charge in [0.15, 0.2) is 0 Å². The quantitative estimate of drug-likeness (QED) is 0.240. The average molecular weight is 535 g/mol. The maximum Gasteiger partial charge on any atom is 0.243 e. The van der Waals surface area contributed by atoms with Gasteiger partial charge in [-0.1, -0.05) is 97.8 Å². The van der Waals surface area contributed by atoms with Crippen LogP contribution in [0.2, 0.25) is 0 Å². The standard InChI is InChI=1S/C35H38N2O3/c1-40-31-19-9-13-27(23-31)25-37(34(38)22-21-29-16-10-15-28-14-5-8-20-32(28)29)33(24-26-11-3-2-4-12-26)35(39)36-30-17-6-7-18-30/h2-5,8-16,19-20,23,30,33H,6-7,17-18,21-22,24-25H2,1H3,(H,36,39)/t33-/m1/s1. The minimum Gasteiger partial charge on any atom is -0.497 e. The van der Waals surface area contributed by atoms with E-state index in [1.165, 1.54) is 5.39 Å². The molecule has 1 aliphatic carbocycles. The molecule has 5 nitrogen and oxygen atoms in total.